The van der Waals surface area contributed by atoms with Crippen LogP contribution in [-0.2, 0) is 6.42 Å². The molecule has 2 heterocycles. The molecule has 0 saturated carbocycles. The quantitative estimate of drug-likeness (QED) is 0.806. The van der Waals surface area contributed by atoms with Gasteiger partial charge >= 0.3 is 0 Å². The zero-order chi connectivity index (χ0) is 17.1. The molecule has 24 heavy (non-hydrogen) atoms. The zero-order valence-corrected chi connectivity index (χ0v) is 13.5. The Kier molecular flexibility index (Phi) is 4.83. The molecule has 6 heteroatoms. The number of carbonyl (C=O) groups is 1. The van der Waals surface area contributed by atoms with Crippen LogP contribution in [0, 0.1) is 17.6 Å². The SMILES string of the molecule is CCc1ncnc(N2CCC(C(=O)c3ccc(F)cc3)CC2)c1F. The molecule has 0 spiro atoms. The molecule has 0 unspecified atom stereocenters. The lowest BCUT2D eigenvalue weighted by atomic mass is 9.89. The van der Waals surface area contributed by atoms with Gasteiger partial charge in [0, 0.05) is 24.6 Å². The smallest absolute Gasteiger partial charge is 0.187 e. The summed E-state index contributed by atoms with van der Waals surface area (Å²) < 4.78 is 27.3. The van der Waals surface area contributed by atoms with E-state index >= 15 is 0 Å². The van der Waals surface area contributed by atoms with Crippen LogP contribution >= 0.6 is 0 Å². The highest BCUT2D eigenvalue weighted by molar-refractivity contribution is 5.97. The van der Waals surface area contributed by atoms with Crippen molar-refractivity contribution in [3.63, 3.8) is 0 Å². The molecular weight excluding hydrogens is 312 g/mol. The van der Waals surface area contributed by atoms with Gasteiger partial charge < -0.3 is 4.90 Å². The maximum atomic E-state index is 14.3. The molecule has 0 radical (unpaired) electrons. The predicted molar refractivity (Wildman–Crippen MR) is 87.0 cm³/mol. The van der Waals surface area contributed by atoms with Crippen molar-refractivity contribution in [2.45, 2.75) is 26.2 Å². The molecule has 1 aromatic carbocycles. The van der Waals surface area contributed by atoms with E-state index in [2.05, 4.69) is 9.97 Å². The van der Waals surface area contributed by atoms with Crippen LogP contribution in [0.3, 0.4) is 0 Å². The minimum Gasteiger partial charge on any atom is -0.354 e. The Hall–Kier alpha value is -2.37. The number of benzene rings is 1. The number of rotatable bonds is 4. The van der Waals surface area contributed by atoms with Crippen LogP contribution in [0.15, 0.2) is 30.6 Å². The summed E-state index contributed by atoms with van der Waals surface area (Å²) >= 11 is 0. The third kappa shape index (κ3) is 3.27. The van der Waals surface area contributed by atoms with E-state index in [4.69, 9.17) is 0 Å². The second-order valence-electron chi connectivity index (χ2n) is 5.94. The number of aromatic nitrogens is 2. The molecule has 3 rings (SSSR count). The second kappa shape index (κ2) is 7.03. The van der Waals surface area contributed by atoms with E-state index < -0.39 is 0 Å². The first-order chi connectivity index (χ1) is 11.6. The summed E-state index contributed by atoms with van der Waals surface area (Å²) in [5.74, 6) is -0.514. The van der Waals surface area contributed by atoms with Crippen molar-refractivity contribution in [3.8, 4) is 0 Å². The Morgan fingerprint density at radius 2 is 1.83 bits per heavy atom. The van der Waals surface area contributed by atoms with E-state index in [1.165, 1.54) is 30.6 Å². The number of halogens is 2. The Balaban J connectivity index is 1.68. The summed E-state index contributed by atoms with van der Waals surface area (Å²) in [7, 11) is 0. The largest absolute Gasteiger partial charge is 0.354 e. The second-order valence-corrected chi connectivity index (χ2v) is 5.94. The maximum absolute atomic E-state index is 14.3. The van der Waals surface area contributed by atoms with Gasteiger partial charge in [0.25, 0.3) is 0 Å². The number of anilines is 1. The molecule has 0 atom stereocenters. The first-order valence-electron chi connectivity index (χ1n) is 8.14. The van der Waals surface area contributed by atoms with Crippen molar-refractivity contribution in [2.24, 2.45) is 5.92 Å². The van der Waals surface area contributed by atoms with Gasteiger partial charge in [-0.2, -0.15) is 0 Å². The third-order valence-electron chi connectivity index (χ3n) is 4.47. The number of carbonyl (C=O) groups excluding carboxylic acids is 1. The van der Waals surface area contributed by atoms with Crippen molar-refractivity contribution < 1.29 is 13.6 Å². The van der Waals surface area contributed by atoms with Crippen molar-refractivity contribution in [1.29, 1.82) is 0 Å². The molecule has 1 saturated heterocycles. The maximum Gasteiger partial charge on any atom is 0.187 e. The fourth-order valence-electron chi connectivity index (χ4n) is 3.07. The highest BCUT2D eigenvalue weighted by Crippen LogP contribution is 2.27. The van der Waals surface area contributed by atoms with Gasteiger partial charge in [0.2, 0.25) is 0 Å². The highest BCUT2D eigenvalue weighted by atomic mass is 19.1. The van der Waals surface area contributed by atoms with Crippen molar-refractivity contribution >= 4 is 11.6 Å². The molecule has 0 aliphatic carbocycles. The first kappa shape index (κ1) is 16.5. The van der Waals surface area contributed by atoms with Gasteiger partial charge in [0.15, 0.2) is 17.4 Å². The molecule has 1 aliphatic rings. The first-order valence-corrected chi connectivity index (χ1v) is 8.14. The van der Waals surface area contributed by atoms with E-state index in [9.17, 15) is 13.6 Å². The van der Waals surface area contributed by atoms with Gasteiger partial charge in [-0.3, -0.25) is 4.79 Å². The van der Waals surface area contributed by atoms with E-state index in [0.29, 0.717) is 49.4 Å². The van der Waals surface area contributed by atoms with Crippen LogP contribution in [0.25, 0.3) is 0 Å². The van der Waals surface area contributed by atoms with Crippen molar-refractivity contribution in [2.75, 3.05) is 18.0 Å². The van der Waals surface area contributed by atoms with Crippen LogP contribution in [-0.4, -0.2) is 28.8 Å². The van der Waals surface area contributed by atoms with Gasteiger partial charge in [0.1, 0.15) is 12.1 Å². The van der Waals surface area contributed by atoms with Crippen LogP contribution in [0.4, 0.5) is 14.6 Å². The number of piperidine rings is 1. The summed E-state index contributed by atoms with van der Waals surface area (Å²) in [6.45, 7) is 2.98. The fourth-order valence-corrected chi connectivity index (χ4v) is 3.07. The summed E-state index contributed by atoms with van der Waals surface area (Å²) in [4.78, 5) is 22.4. The molecule has 1 aliphatic heterocycles. The summed E-state index contributed by atoms with van der Waals surface area (Å²) in [5.41, 5.74) is 0.931. The molecule has 1 aromatic heterocycles. The minimum absolute atomic E-state index is 0.0204. The van der Waals surface area contributed by atoms with Gasteiger partial charge in [-0.15, -0.1) is 0 Å². The number of aryl methyl sites for hydroxylation is 1. The van der Waals surface area contributed by atoms with E-state index in [1.807, 2.05) is 11.8 Å². The minimum atomic E-state index is -0.372. The van der Waals surface area contributed by atoms with Crippen molar-refractivity contribution in [1.82, 2.24) is 9.97 Å². The normalized spacial score (nSPS) is 15.5. The van der Waals surface area contributed by atoms with Crippen LogP contribution in [0.1, 0.15) is 35.8 Å². The predicted octanol–water partition coefficient (Wildman–Crippen LogP) is 3.42. The molecule has 0 bridgehead atoms. The van der Waals surface area contributed by atoms with Gasteiger partial charge in [-0.25, -0.2) is 18.7 Å². The zero-order valence-electron chi connectivity index (χ0n) is 13.5. The summed E-state index contributed by atoms with van der Waals surface area (Å²) in [6.07, 6.45) is 3.15. The number of nitrogens with zero attached hydrogens (tertiary/aromatic N) is 3. The lowest BCUT2D eigenvalue weighted by Crippen LogP contribution is -2.37. The molecule has 126 valence electrons. The summed E-state index contributed by atoms with van der Waals surface area (Å²) in [5, 5.41) is 0. The molecule has 0 N–H and O–H groups in total. The van der Waals surface area contributed by atoms with Crippen LogP contribution < -0.4 is 4.90 Å². The van der Waals surface area contributed by atoms with Gasteiger partial charge in [-0.05, 0) is 43.5 Å². The van der Waals surface area contributed by atoms with Crippen molar-refractivity contribution in [3.05, 3.63) is 53.5 Å². The third-order valence-corrected chi connectivity index (χ3v) is 4.47. The highest BCUT2D eigenvalue weighted by Gasteiger charge is 2.28. The van der Waals surface area contributed by atoms with E-state index in [-0.39, 0.29) is 23.3 Å². The Morgan fingerprint density at radius 3 is 2.46 bits per heavy atom. The standard InChI is InChI=1S/C18H19F2N3O/c1-2-15-16(20)18(22-11-21-15)23-9-7-13(8-10-23)17(24)12-3-5-14(19)6-4-12/h3-6,11,13H,2,7-10H2,1H3. The average molecular weight is 331 g/mol. The number of hydrogen-bond donors (Lipinski definition) is 0. The number of hydrogen-bond acceptors (Lipinski definition) is 4. The van der Waals surface area contributed by atoms with Gasteiger partial charge in [-0.1, -0.05) is 6.92 Å². The Morgan fingerprint density at radius 1 is 1.17 bits per heavy atom. The number of ketones is 1. The topological polar surface area (TPSA) is 46.1 Å². The lowest BCUT2D eigenvalue weighted by molar-refractivity contribution is 0.0900. The molecule has 4 nitrogen and oxygen atoms in total. The molecule has 2 aromatic rings. The number of Topliss-reactive ketones (excluding diaryl/α,β-unsaturated/α-hetero) is 1. The lowest BCUT2D eigenvalue weighted by Gasteiger charge is -2.32. The van der Waals surface area contributed by atoms with Gasteiger partial charge in [0.05, 0.1) is 5.69 Å². The Bertz CT molecular complexity index is 726. The van der Waals surface area contributed by atoms with E-state index in [0.717, 1.165) is 0 Å². The molecule has 0 amide bonds. The fraction of sp³-hybridized carbons (Fsp3) is 0.389. The Labute approximate surface area is 139 Å². The van der Waals surface area contributed by atoms with E-state index in [1.54, 1.807) is 0 Å². The monoisotopic (exact) mass is 331 g/mol. The van der Waals surface area contributed by atoms with Crippen LogP contribution in [0.5, 0.6) is 0 Å². The molecule has 1 fully saturated rings. The molecular formula is C18H19F2N3O. The van der Waals surface area contributed by atoms with Crippen LogP contribution in [0.2, 0.25) is 0 Å². The average Bonchev–Trinajstić information content (AvgIpc) is 2.62. The summed E-state index contributed by atoms with van der Waals surface area (Å²) in [6, 6.07) is 5.62.